The molecule has 0 saturated heterocycles. The summed E-state index contributed by atoms with van der Waals surface area (Å²) in [6, 6.07) is 67.3. The number of aromatic nitrogens is 4. The molecule has 0 atom stereocenters. The fourth-order valence-corrected chi connectivity index (χ4v) is 8.03. The van der Waals surface area contributed by atoms with Crippen LogP contribution in [0.15, 0.2) is 199 Å². The van der Waals surface area contributed by atoms with Crippen molar-refractivity contribution >= 4 is 43.7 Å². The highest BCUT2D eigenvalue weighted by Crippen LogP contribution is 2.44. The van der Waals surface area contributed by atoms with E-state index >= 15 is 0 Å². The van der Waals surface area contributed by atoms with Crippen molar-refractivity contribution in [1.82, 2.24) is 19.5 Å². The summed E-state index contributed by atoms with van der Waals surface area (Å²) in [4.78, 5) is 15.4. The molecule has 0 aliphatic carbocycles. The second-order valence-corrected chi connectivity index (χ2v) is 14.0. The van der Waals surface area contributed by atoms with Crippen LogP contribution in [0.3, 0.4) is 0 Å². The summed E-state index contributed by atoms with van der Waals surface area (Å²) in [7, 11) is 0. The highest BCUT2D eigenvalue weighted by Gasteiger charge is 2.23. The summed E-state index contributed by atoms with van der Waals surface area (Å²) in [6.45, 7) is 0. The summed E-state index contributed by atoms with van der Waals surface area (Å²) < 4.78 is 9.06. The molecule has 0 unspecified atom stereocenters. The van der Waals surface area contributed by atoms with Crippen LogP contribution in [0.1, 0.15) is 0 Å². The molecule has 0 fully saturated rings. The molecule has 56 heavy (non-hydrogen) atoms. The predicted octanol–water partition coefficient (Wildman–Crippen LogP) is 13.2. The first-order valence-corrected chi connectivity index (χ1v) is 18.8. The van der Waals surface area contributed by atoms with Crippen molar-refractivity contribution in [3.63, 3.8) is 0 Å². The van der Waals surface area contributed by atoms with Crippen molar-refractivity contribution in [3.8, 4) is 62.1 Å². The van der Waals surface area contributed by atoms with E-state index in [-0.39, 0.29) is 0 Å². The van der Waals surface area contributed by atoms with E-state index in [2.05, 4.69) is 144 Å². The Kier molecular flexibility index (Phi) is 7.42. The fourth-order valence-electron chi connectivity index (χ4n) is 8.03. The topological polar surface area (TPSA) is 56.7 Å². The average Bonchev–Trinajstić information content (AvgIpc) is 3.83. The molecule has 0 spiro atoms. The van der Waals surface area contributed by atoms with Crippen LogP contribution in [0.2, 0.25) is 0 Å². The molecule has 0 bridgehead atoms. The van der Waals surface area contributed by atoms with E-state index in [4.69, 9.17) is 19.4 Å². The first-order valence-electron chi connectivity index (χ1n) is 18.8. The van der Waals surface area contributed by atoms with Crippen LogP contribution in [-0.2, 0) is 0 Å². The van der Waals surface area contributed by atoms with E-state index < -0.39 is 0 Å². The number of nitrogens with zero attached hydrogens (tertiary/aromatic N) is 4. The molecule has 3 aromatic heterocycles. The van der Waals surface area contributed by atoms with Gasteiger partial charge in [0.25, 0.3) is 0 Å². The third-order valence-corrected chi connectivity index (χ3v) is 10.7. The first kappa shape index (κ1) is 31.9. The van der Waals surface area contributed by atoms with Crippen LogP contribution < -0.4 is 0 Å². The lowest BCUT2D eigenvalue weighted by Gasteiger charge is -2.11. The Morgan fingerprint density at radius 3 is 1.50 bits per heavy atom. The summed E-state index contributed by atoms with van der Waals surface area (Å²) in [5, 5.41) is 4.31. The molecule has 0 saturated carbocycles. The molecule has 262 valence electrons. The SMILES string of the molecule is c1ccc(-c2ccc(-c3nc(-c4ccccc4)nc(-c4cccc5oc6ccc7c8ccccc8n(-c8ccc(-c9ccccc9)cc8)c7c6c45)n3)cc2)cc1. The van der Waals surface area contributed by atoms with Gasteiger partial charge in [-0.1, -0.05) is 158 Å². The lowest BCUT2D eigenvalue weighted by Crippen LogP contribution is -2.00. The molecule has 5 heteroatoms. The van der Waals surface area contributed by atoms with Crippen LogP contribution in [0.4, 0.5) is 0 Å². The standard InChI is InChI=1S/C51H32N4O/c1-4-13-33(14-5-1)35-23-25-38(26-24-35)50-52-49(37-17-8-3-9-18-37)53-51(54-50)42-20-12-22-44-46(42)47-45(56-44)32-31-41-40-19-10-11-21-43(40)55(48(41)47)39-29-27-36(28-30-39)34-15-6-2-7-16-34/h1-32H. The molecule has 0 N–H and O–H groups in total. The average molecular weight is 717 g/mol. The lowest BCUT2D eigenvalue weighted by molar-refractivity contribution is 0.669. The van der Waals surface area contributed by atoms with E-state index in [1.165, 1.54) is 16.5 Å². The molecule has 11 aromatic rings. The van der Waals surface area contributed by atoms with Gasteiger partial charge in [0.15, 0.2) is 17.5 Å². The Labute approximate surface area is 322 Å². The van der Waals surface area contributed by atoms with Crippen LogP contribution in [0.25, 0.3) is 106 Å². The Morgan fingerprint density at radius 2 is 0.839 bits per heavy atom. The summed E-state index contributed by atoms with van der Waals surface area (Å²) in [6.07, 6.45) is 0. The third kappa shape index (κ3) is 5.29. The van der Waals surface area contributed by atoms with Gasteiger partial charge in [-0.15, -0.1) is 0 Å². The van der Waals surface area contributed by atoms with Gasteiger partial charge < -0.3 is 8.98 Å². The zero-order valence-corrected chi connectivity index (χ0v) is 30.2. The van der Waals surface area contributed by atoms with Gasteiger partial charge >= 0.3 is 0 Å². The molecule has 0 amide bonds. The van der Waals surface area contributed by atoms with E-state index in [1.54, 1.807) is 0 Å². The van der Waals surface area contributed by atoms with E-state index in [1.807, 2.05) is 54.6 Å². The van der Waals surface area contributed by atoms with Crippen LogP contribution >= 0.6 is 0 Å². The minimum Gasteiger partial charge on any atom is -0.456 e. The van der Waals surface area contributed by atoms with Gasteiger partial charge in [-0.25, -0.2) is 15.0 Å². The minimum atomic E-state index is 0.584. The van der Waals surface area contributed by atoms with Gasteiger partial charge in [0, 0.05) is 38.5 Å². The fraction of sp³-hybridized carbons (Fsp3) is 0. The molecular formula is C51H32N4O. The largest absolute Gasteiger partial charge is 0.456 e. The van der Waals surface area contributed by atoms with Crippen LogP contribution in [0.5, 0.6) is 0 Å². The van der Waals surface area contributed by atoms with E-state index in [0.717, 1.165) is 71.9 Å². The summed E-state index contributed by atoms with van der Waals surface area (Å²) in [5.74, 6) is 1.80. The monoisotopic (exact) mass is 716 g/mol. The number of rotatable bonds is 6. The molecular weight excluding hydrogens is 685 g/mol. The quantitative estimate of drug-likeness (QED) is 0.172. The van der Waals surface area contributed by atoms with Crippen molar-refractivity contribution in [1.29, 1.82) is 0 Å². The maximum absolute atomic E-state index is 6.69. The van der Waals surface area contributed by atoms with Gasteiger partial charge in [-0.2, -0.15) is 0 Å². The van der Waals surface area contributed by atoms with Gasteiger partial charge in [-0.3, -0.25) is 0 Å². The first-order chi connectivity index (χ1) is 27.8. The van der Waals surface area contributed by atoms with Gasteiger partial charge in [-0.05, 0) is 58.7 Å². The van der Waals surface area contributed by atoms with Crippen molar-refractivity contribution in [3.05, 3.63) is 194 Å². The summed E-state index contributed by atoms with van der Waals surface area (Å²) in [5.41, 5.74) is 12.2. The zero-order chi connectivity index (χ0) is 37.0. The maximum atomic E-state index is 6.69. The number of benzene rings is 8. The summed E-state index contributed by atoms with van der Waals surface area (Å²) >= 11 is 0. The number of hydrogen-bond donors (Lipinski definition) is 0. The number of hydrogen-bond acceptors (Lipinski definition) is 4. The van der Waals surface area contributed by atoms with Crippen LogP contribution in [0, 0.1) is 0 Å². The Bertz CT molecular complexity index is 3200. The normalized spacial score (nSPS) is 11.6. The molecule has 11 rings (SSSR count). The van der Waals surface area contributed by atoms with E-state index in [0.29, 0.717) is 17.5 Å². The molecule has 0 aliphatic rings. The Balaban J connectivity index is 1.15. The number of para-hydroxylation sites is 1. The van der Waals surface area contributed by atoms with Gasteiger partial charge in [0.2, 0.25) is 0 Å². The second-order valence-electron chi connectivity index (χ2n) is 14.0. The van der Waals surface area contributed by atoms with Crippen LogP contribution in [-0.4, -0.2) is 19.5 Å². The molecule has 5 nitrogen and oxygen atoms in total. The molecule has 8 aromatic carbocycles. The molecule has 3 heterocycles. The lowest BCUT2D eigenvalue weighted by atomic mass is 10.0. The number of furan rings is 1. The molecule has 0 aliphatic heterocycles. The van der Waals surface area contributed by atoms with Crippen molar-refractivity contribution < 1.29 is 4.42 Å². The van der Waals surface area contributed by atoms with Gasteiger partial charge in [0.1, 0.15) is 11.2 Å². The second kappa shape index (κ2) is 13.0. The van der Waals surface area contributed by atoms with Gasteiger partial charge in [0.05, 0.1) is 16.4 Å². The maximum Gasteiger partial charge on any atom is 0.164 e. The predicted molar refractivity (Wildman–Crippen MR) is 229 cm³/mol. The van der Waals surface area contributed by atoms with Crippen molar-refractivity contribution in [2.45, 2.75) is 0 Å². The van der Waals surface area contributed by atoms with E-state index in [9.17, 15) is 0 Å². The number of fused-ring (bicyclic) bond motifs is 7. The minimum absolute atomic E-state index is 0.584. The zero-order valence-electron chi connectivity index (χ0n) is 30.2. The smallest absolute Gasteiger partial charge is 0.164 e. The third-order valence-electron chi connectivity index (χ3n) is 10.7. The Morgan fingerprint density at radius 1 is 0.339 bits per heavy atom. The van der Waals surface area contributed by atoms with Crippen molar-refractivity contribution in [2.24, 2.45) is 0 Å². The highest BCUT2D eigenvalue weighted by molar-refractivity contribution is 6.26. The van der Waals surface area contributed by atoms with Crippen molar-refractivity contribution in [2.75, 3.05) is 0 Å². The Hall–Kier alpha value is -7.63. The molecule has 0 radical (unpaired) electrons. The highest BCUT2D eigenvalue weighted by atomic mass is 16.3.